The zero-order valence-corrected chi connectivity index (χ0v) is 12.2. The van der Waals surface area contributed by atoms with E-state index in [0.29, 0.717) is 6.42 Å². The lowest BCUT2D eigenvalue weighted by Gasteiger charge is -2.11. The number of hydrogen-bond acceptors (Lipinski definition) is 2. The van der Waals surface area contributed by atoms with Gasteiger partial charge in [0, 0.05) is 6.42 Å². The summed E-state index contributed by atoms with van der Waals surface area (Å²) in [5.74, 6) is 0.907. The lowest BCUT2D eigenvalue weighted by atomic mass is 9.96. The molecule has 2 nitrogen and oxygen atoms in total. The Morgan fingerprint density at radius 1 is 1.32 bits per heavy atom. The Morgan fingerprint density at radius 2 is 2.11 bits per heavy atom. The van der Waals surface area contributed by atoms with E-state index in [0.717, 1.165) is 37.7 Å². The number of unbranched alkanes of at least 4 members (excludes halogenated alkanes) is 1. The van der Waals surface area contributed by atoms with Gasteiger partial charge in [0.2, 0.25) is 0 Å². The Labute approximate surface area is 116 Å². The van der Waals surface area contributed by atoms with E-state index < -0.39 is 0 Å². The summed E-state index contributed by atoms with van der Waals surface area (Å²) in [6.07, 6.45) is 7.85. The molecule has 0 radical (unpaired) electrons. The zero-order chi connectivity index (χ0) is 14.1. The van der Waals surface area contributed by atoms with Crippen molar-refractivity contribution in [3.8, 4) is 5.75 Å². The molecule has 0 spiro atoms. The van der Waals surface area contributed by atoms with Gasteiger partial charge in [0.05, 0.1) is 7.11 Å². The normalized spacial score (nSPS) is 11.4. The Hall–Kier alpha value is -1.57. The molecule has 0 saturated carbocycles. The van der Waals surface area contributed by atoms with Crippen LogP contribution in [0.3, 0.4) is 0 Å². The van der Waals surface area contributed by atoms with Crippen molar-refractivity contribution in [2.75, 3.05) is 7.11 Å². The second-order valence-corrected chi connectivity index (χ2v) is 4.83. The van der Waals surface area contributed by atoms with Crippen molar-refractivity contribution in [1.82, 2.24) is 0 Å². The summed E-state index contributed by atoms with van der Waals surface area (Å²) < 4.78 is 5.28. The molecule has 0 unspecified atom stereocenters. The van der Waals surface area contributed by atoms with Crippen LogP contribution in [0.15, 0.2) is 29.8 Å². The third-order valence-electron chi connectivity index (χ3n) is 3.26. The molecule has 1 rings (SSSR count). The van der Waals surface area contributed by atoms with Crippen LogP contribution < -0.4 is 4.74 Å². The molecule has 0 atom stereocenters. The van der Waals surface area contributed by atoms with Gasteiger partial charge in [0.1, 0.15) is 12.0 Å². The first-order valence-electron chi connectivity index (χ1n) is 6.96. The highest BCUT2D eigenvalue weighted by Gasteiger charge is 2.04. The van der Waals surface area contributed by atoms with E-state index in [4.69, 9.17) is 4.74 Å². The predicted molar refractivity (Wildman–Crippen MR) is 79.7 cm³/mol. The van der Waals surface area contributed by atoms with Crippen molar-refractivity contribution in [3.63, 3.8) is 0 Å². The minimum atomic E-state index is 0.615. The van der Waals surface area contributed by atoms with Crippen LogP contribution in [0.2, 0.25) is 0 Å². The fourth-order valence-electron chi connectivity index (χ4n) is 2.15. The molecule has 19 heavy (non-hydrogen) atoms. The number of allylic oxidation sites excluding steroid dienone is 2. The monoisotopic (exact) mass is 260 g/mol. The van der Waals surface area contributed by atoms with Crippen molar-refractivity contribution in [1.29, 1.82) is 0 Å². The number of benzene rings is 1. The highest BCUT2D eigenvalue weighted by molar-refractivity contribution is 5.49. The van der Waals surface area contributed by atoms with Gasteiger partial charge in [0.15, 0.2) is 0 Å². The van der Waals surface area contributed by atoms with Crippen LogP contribution in [0, 0.1) is 6.92 Å². The quantitative estimate of drug-likeness (QED) is 0.397. The molecule has 1 aromatic carbocycles. The largest absolute Gasteiger partial charge is 0.497 e. The number of hydrogen-bond donors (Lipinski definition) is 0. The molecule has 0 saturated heterocycles. The van der Waals surface area contributed by atoms with Crippen LogP contribution in [0.5, 0.6) is 5.75 Å². The van der Waals surface area contributed by atoms with Gasteiger partial charge in [-0.2, -0.15) is 0 Å². The van der Waals surface area contributed by atoms with Crippen LogP contribution in [0.1, 0.15) is 43.7 Å². The summed E-state index contributed by atoms with van der Waals surface area (Å²) in [5, 5.41) is 0. The maximum absolute atomic E-state index is 10.4. The predicted octanol–water partition coefficient (Wildman–Crippen LogP) is 4.25. The van der Waals surface area contributed by atoms with E-state index in [1.165, 1.54) is 16.7 Å². The van der Waals surface area contributed by atoms with Crippen LogP contribution in [-0.2, 0) is 11.2 Å². The number of aldehydes is 1. The number of aryl methyl sites for hydroxylation is 1. The van der Waals surface area contributed by atoms with Crippen LogP contribution in [-0.4, -0.2) is 13.4 Å². The number of rotatable bonds is 8. The molecular formula is C17H24O2. The van der Waals surface area contributed by atoms with E-state index in [1.54, 1.807) is 7.11 Å². The summed E-state index contributed by atoms with van der Waals surface area (Å²) >= 11 is 0. The molecule has 0 bridgehead atoms. The molecule has 2 heteroatoms. The Balaban J connectivity index is 2.82. The summed E-state index contributed by atoms with van der Waals surface area (Å²) in [7, 11) is 1.70. The summed E-state index contributed by atoms with van der Waals surface area (Å²) in [5.41, 5.74) is 4.02. The van der Waals surface area contributed by atoms with Gasteiger partial charge in [-0.1, -0.05) is 31.1 Å². The van der Waals surface area contributed by atoms with Gasteiger partial charge in [-0.3, -0.25) is 0 Å². The maximum Gasteiger partial charge on any atom is 0.120 e. The van der Waals surface area contributed by atoms with Crippen molar-refractivity contribution in [3.05, 3.63) is 41.0 Å². The molecule has 0 fully saturated rings. The van der Waals surface area contributed by atoms with Gasteiger partial charge in [-0.05, 0) is 49.4 Å². The third-order valence-corrected chi connectivity index (χ3v) is 3.26. The van der Waals surface area contributed by atoms with Crippen molar-refractivity contribution in [2.24, 2.45) is 0 Å². The van der Waals surface area contributed by atoms with E-state index in [2.05, 4.69) is 32.1 Å². The second kappa shape index (κ2) is 8.52. The molecule has 0 aliphatic rings. The average molecular weight is 260 g/mol. The fourth-order valence-corrected chi connectivity index (χ4v) is 2.15. The standard InChI is InChI=1S/C17H24O2/c1-4-7-15(8-5-6-11-18)12-16-13-17(19-3)10-9-14(16)2/h8-11,13H,4-7,12H2,1-3H3/b15-8+. The summed E-state index contributed by atoms with van der Waals surface area (Å²) in [4.78, 5) is 10.4. The van der Waals surface area contributed by atoms with Gasteiger partial charge >= 0.3 is 0 Å². The maximum atomic E-state index is 10.4. The molecule has 0 aromatic heterocycles. The van der Waals surface area contributed by atoms with Crippen LogP contribution in [0.4, 0.5) is 0 Å². The third kappa shape index (κ3) is 5.29. The van der Waals surface area contributed by atoms with Gasteiger partial charge < -0.3 is 9.53 Å². The number of ether oxygens (including phenoxy) is 1. The number of carbonyl (C=O) groups is 1. The topological polar surface area (TPSA) is 26.3 Å². The van der Waals surface area contributed by atoms with E-state index in [-0.39, 0.29) is 0 Å². The van der Waals surface area contributed by atoms with Crippen molar-refractivity contribution in [2.45, 2.75) is 46.0 Å². The highest BCUT2D eigenvalue weighted by atomic mass is 16.5. The van der Waals surface area contributed by atoms with Gasteiger partial charge in [-0.15, -0.1) is 0 Å². The van der Waals surface area contributed by atoms with Gasteiger partial charge in [-0.25, -0.2) is 0 Å². The first-order chi connectivity index (χ1) is 9.21. The van der Waals surface area contributed by atoms with Crippen molar-refractivity contribution >= 4 is 6.29 Å². The Bertz CT molecular complexity index is 433. The van der Waals surface area contributed by atoms with Crippen molar-refractivity contribution < 1.29 is 9.53 Å². The molecule has 104 valence electrons. The molecule has 0 heterocycles. The van der Waals surface area contributed by atoms with E-state index >= 15 is 0 Å². The lowest BCUT2D eigenvalue weighted by molar-refractivity contribution is -0.107. The molecule has 0 N–H and O–H groups in total. The molecule has 1 aromatic rings. The molecule has 0 amide bonds. The van der Waals surface area contributed by atoms with E-state index in [9.17, 15) is 4.79 Å². The summed E-state index contributed by atoms with van der Waals surface area (Å²) in [6.45, 7) is 4.32. The first-order valence-corrected chi connectivity index (χ1v) is 6.96. The van der Waals surface area contributed by atoms with Gasteiger partial charge in [0.25, 0.3) is 0 Å². The lowest BCUT2D eigenvalue weighted by Crippen LogP contribution is -1.96. The van der Waals surface area contributed by atoms with E-state index in [1.807, 2.05) is 6.07 Å². The summed E-state index contributed by atoms with van der Waals surface area (Å²) in [6, 6.07) is 6.20. The Morgan fingerprint density at radius 3 is 2.74 bits per heavy atom. The zero-order valence-electron chi connectivity index (χ0n) is 12.2. The molecule has 0 aliphatic heterocycles. The smallest absolute Gasteiger partial charge is 0.120 e. The molecule has 0 aliphatic carbocycles. The molecular weight excluding hydrogens is 236 g/mol. The van der Waals surface area contributed by atoms with Crippen LogP contribution >= 0.6 is 0 Å². The second-order valence-electron chi connectivity index (χ2n) is 4.83. The van der Waals surface area contributed by atoms with Crippen LogP contribution in [0.25, 0.3) is 0 Å². The Kier molecular flexibility index (Phi) is 6.94. The number of methoxy groups -OCH3 is 1. The SMILES string of the molecule is CCC/C(=C\CCC=O)Cc1cc(OC)ccc1C. The average Bonchev–Trinajstić information content (AvgIpc) is 2.41. The first kappa shape index (κ1) is 15.5. The number of carbonyl (C=O) groups excluding carboxylic acids is 1. The minimum Gasteiger partial charge on any atom is -0.497 e. The minimum absolute atomic E-state index is 0.615. The fraction of sp³-hybridized carbons (Fsp3) is 0.471. The highest BCUT2D eigenvalue weighted by Crippen LogP contribution is 2.22.